The lowest BCUT2D eigenvalue weighted by Gasteiger charge is -2.23. The molecule has 2 aromatic carbocycles. The van der Waals surface area contributed by atoms with Crippen molar-refractivity contribution in [3.8, 4) is 23.0 Å². The number of hydrogen-bond donors (Lipinski definition) is 0. The lowest BCUT2D eigenvalue weighted by Crippen LogP contribution is -2.40. The Morgan fingerprint density at radius 3 is 2.44 bits per heavy atom. The normalized spacial score (nSPS) is 16.9. The summed E-state index contributed by atoms with van der Waals surface area (Å²) in [6, 6.07) is 11.1. The second-order valence-corrected chi connectivity index (χ2v) is 10.3. The van der Waals surface area contributed by atoms with Crippen molar-refractivity contribution in [2.75, 3.05) is 32.3 Å². The molecule has 2 heterocycles. The first-order valence-corrected chi connectivity index (χ1v) is 12.5. The van der Waals surface area contributed by atoms with Gasteiger partial charge in [0.05, 0.1) is 24.0 Å². The topological polar surface area (TPSA) is 112 Å². The van der Waals surface area contributed by atoms with E-state index in [1.807, 2.05) is 0 Å². The van der Waals surface area contributed by atoms with Crippen molar-refractivity contribution < 1.29 is 31.8 Å². The zero-order valence-corrected chi connectivity index (χ0v) is 19.9. The van der Waals surface area contributed by atoms with Crippen molar-refractivity contribution >= 4 is 26.7 Å². The zero-order chi connectivity index (χ0) is 24.5. The minimum Gasteiger partial charge on any atom is -0.497 e. The van der Waals surface area contributed by atoms with E-state index < -0.39 is 9.84 Å². The number of carbonyl (C=O) groups excluding carboxylic acids is 1. The molecule has 9 nitrogen and oxygen atoms in total. The van der Waals surface area contributed by atoms with Gasteiger partial charge in [0.1, 0.15) is 28.6 Å². The van der Waals surface area contributed by atoms with E-state index in [2.05, 4.69) is 0 Å². The molecule has 1 amide bonds. The number of aryl methyl sites for hydroxylation is 1. The Bertz CT molecular complexity index is 1380. The number of fused-ring (bicyclic) bond motifs is 1. The molecular formula is C24H25NO8S. The molecule has 34 heavy (non-hydrogen) atoms. The van der Waals surface area contributed by atoms with Gasteiger partial charge in [-0.05, 0) is 49.7 Å². The summed E-state index contributed by atoms with van der Waals surface area (Å²) in [7, 11) is 0.0426. The highest BCUT2D eigenvalue weighted by atomic mass is 32.2. The molecular weight excluding hydrogens is 462 g/mol. The number of sulfone groups is 1. The van der Waals surface area contributed by atoms with E-state index in [9.17, 15) is 18.0 Å². The van der Waals surface area contributed by atoms with Crippen molar-refractivity contribution in [1.82, 2.24) is 4.90 Å². The van der Waals surface area contributed by atoms with E-state index in [1.165, 1.54) is 11.0 Å². The molecule has 1 saturated heterocycles. The molecule has 0 N–H and O–H groups in total. The van der Waals surface area contributed by atoms with Crippen LogP contribution in [0.2, 0.25) is 0 Å². The van der Waals surface area contributed by atoms with Gasteiger partial charge < -0.3 is 23.5 Å². The third-order valence-corrected chi connectivity index (χ3v) is 7.53. The van der Waals surface area contributed by atoms with Crippen molar-refractivity contribution in [2.24, 2.45) is 0 Å². The van der Waals surface area contributed by atoms with Gasteiger partial charge in [-0.3, -0.25) is 9.59 Å². The fraction of sp³-hybridized carbons (Fsp3) is 0.333. The van der Waals surface area contributed by atoms with Gasteiger partial charge in [-0.2, -0.15) is 0 Å². The van der Waals surface area contributed by atoms with Crippen molar-refractivity contribution in [1.29, 1.82) is 0 Å². The highest BCUT2D eigenvalue weighted by molar-refractivity contribution is 7.91. The average molecular weight is 488 g/mol. The number of benzene rings is 2. The molecule has 0 spiro atoms. The summed E-state index contributed by atoms with van der Waals surface area (Å²) in [5, 5.41) is 0.307. The molecule has 4 rings (SSSR count). The highest BCUT2D eigenvalue weighted by Gasteiger charge is 2.32. The fourth-order valence-corrected chi connectivity index (χ4v) is 5.54. The van der Waals surface area contributed by atoms with Gasteiger partial charge in [0, 0.05) is 19.2 Å². The molecule has 1 unspecified atom stereocenters. The van der Waals surface area contributed by atoms with E-state index in [-0.39, 0.29) is 41.2 Å². The van der Waals surface area contributed by atoms with Crippen molar-refractivity contribution in [3.05, 3.63) is 58.4 Å². The maximum absolute atomic E-state index is 13.0. The summed E-state index contributed by atoms with van der Waals surface area (Å²) in [6.45, 7) is 1.36. The summed E-state index contributed by atoms with van der Waals surface area (Å²) in [5.74, 6) is 1.58. The summed E-state index contributed by atoms with van der Waals surface area (Å²) >= 11 is 0. The molecule has 1 fully saturated rings. The van der Waals surface area contributed by atoms with Gasteiger partial charge in [-0.1, -0.05) is 0 Å². The SMILES string of the molecule is COc1ccc(Oc2c(C)oc3cc(OCC(=O)N(C)C4CCS(=O)(=O)C4)ccc3c2=O)cc1. The van der Waals surface area contributed by atoms with Gasteiger partial charge in [0.15, 0.2) is 16.4 Å². The first kappa shape index (κ1) is 23.6. The van der Waals surface area contributed by atoms with Gasteiger partial charge in [0.25, 0.3) is 5.91 Å². The standard InChI is InChI=1S/C24H25NO8S/c1-15-24(33-18-6-4-17(30-3)5-7-18)23(27)20-9-8-19(12-21(20)32-15)31-13-22(26)25(2)16-10-11-34(28,29)14-16/h4-9,12,16H,10-11,13-14H2,1-3H3. The molecule has 0 bridgehead atoms. The molecule has 1 atom stereocenters. The lowest BCUT2D eigenvalue weighted by molar-refractivity contribution is -0.133. The lowest BCUT2D eigenvalue weighted by atomic mass is 10.2. The van der Waals surface area contributed by atoms with Crippen LogP contribution in [0.3, 0.4) is 0 Å². The van der Waals surface area contributed by atoms with Crippen LogP contribution in [-0.4, -0.2) is 57.5 Å². The Kier molecular flexibility index (Phi) is 6.52. The number of rotatable bonds is 7. The average Bonchev–Trinajstić information content (AvgIpc) is 3.19. The third kappa shape index (κ3) is 5.01. The zero-order valence-electron chi connectivity index (χ0n) is 19.1. The second kappa shape index (κ2) is 9.38. The Balaban J connectivity index is 1.48. The molecule has 180 valence electrons. The van der Waals surface area contributed by atoms with Gasteiger partial charge in [0.2, 0.25) is 11.2 Å². The number of likely N-dealkylation sites (N-methyl/N-ethyl adjacent to an activating group) is 1. The first-order valence-electron chi connectivity index (χ1n) is 10.6. The summed E-state index contributed by atoms with van der Waals surface area (Å²) in [4.78, 5) is 26.9. The monoisotopic (exact) mass is 487 g/mol. The molecule has 0 aliphatic carbocycles. The molecule has 3 aromatic rings. The fourth-order valence-electron chi connectivity index (χ4n) is 3.77. The van der Waals surface area contributed by atoms with Crippen molar-refractivity contribution in [2.45, 2.75) is 19.4 Å². The summed E-state index contributed by atoms with van der Waals surface area (Å²) < 4.78 is 45.6. The number of nitrogens with zero attached hydrogens (tertiary/aromatic N) is 1. The van der Waals surface area contributed by atoms with Crippen LogP contribution in [0, 0.1) is 6.92 Å². The Morgan fingerprint density at radius 2 is 1.79 bits per heavy atom. The Morgan fingerprint density at radius 1 is 1.12 bits per heavy atom. The predicted molar refractivity (Wildman–Crippen MR) is 126 cm³/mol. The summed E-state index contributed by atoms with van der Waals surface area (Å²) in [5.41, 5.74) is -0.0378. The number of amides is 1. The van der Waals surface area contributed by atoms with E-state index in [0.29, 0.717) is 40.4 Å². The molecule has 0 radical (unpaired) electrons. The van der Waals surface area contributed by atoms with Crippen LogP contribution in [-0.2, 0) is 14.6 Å². The van der Waals surface area contributed by atoms with Crippen LogP contribution in [0.4, 0.5) is 0 Å². The highest BCUT2D eigenvalue weighted by Crippen LogP contribution is 2.28. The van der Waals surface area contributed by atoms with Crippen LogP contribution < -0.4 is 19.6 Å². The molecule has 1 aromatic heterocycles. The van der Waals surface area contributed by atoms with E-state index in [1.54, 1.807) is 57.5 Å². The van der Waals surface area contributed by atoms with Crippen LogP contribution in [0.5, 0.6) is 23.0 Å². The number of carbonyl (C=O) groups is 1. The van der Waals surface area contributed by atoms with Crippen LogP contribution in [0.1, 0.15) is 12.2 Å². The maximum Gasteiger partial charge on any atom is 0.260 e. The molecule has 1 aliphatic heterocycles. The minimum absolute atomic E-state index is 0.0312. The summed E-state index contributed by atoms with van der Waals surface area (Å²) in [6.07, 6.45) is 0.423. The van der Waals surface area contributed by atoms with Gasteiger partial charge in [-0.15, -0.1) is 0 Å². The van der Waals surface area contributed by atoms with Gasteiger partial charge in [-0.25, -0.2) is 8.42 Å². The molecule has 10 heteroatoms. The Labute approximate surface area is 196 Å². The molecule has 1 aliphatic rings. The third-order valence-electron chi connectivity index (χ3n) is 5.78. The van der Waals surface area contributed by atoms with Crippen LogP contribution in [0.25, 0.3) is 11.0 Å². The van der Waals surface area contributed by atoms with Crippen LogP contribution in [0.15, 0.2) is 51.7 Å². The first-order chi connectivity index (χ1) is 16.2. The van der Waals surface area contributed by atoms with Gasteiger partial charge >= 0.3 is 0 Å². The van der Waals surface area contributed by atoms with Crippen LogP contribution >= 0.6 is 0 Å². The van der Waals surface area contributed by atoms with E-state index in [4.69, 9.17) is 18.6 Å². The Hall–Kier alpha value is -3.53. The smallest absolute Gasteiger partial charge is 0.260 e. The number of methoxy groups -OCH3 is 1. The molecule has 0 saturated carbocycles. The largest absolute Gasteiger partial charge is 0.497 e. The number of ether oxygens (including phenoxy) is 3. The van der Waals surface area contributed by atoms with E-state index in [0.717, 1.165) is 0 Å². The van der Waals surface area contributed by atoms with E-state index >= 15 is 0 Å². The minimum atomic E-state index is -3.09. The maximum atomic E-state index is 13.0. The number of hydrogen-bond acceptors (Lipinski definition) is 8. The predicted octanol–water partition coefficient (Wildman–Crippen LogP) is 2.93. The van der Waals surface area contributed by atoms with Crippen molar-refractivity contribution in [3.63, 3.8) is 0 Å². The quantitative estimate of drug-likeness (QED) is 0.500. The second-order valence-electron chi connectivity index (χ2n) is 8.10.